The Kier molecular flexibility index (Phi) is 5.02. The molecule has 1 saturated heterocycles. The predicted octanol–water partition coefficient (Wildman–Crippen LogP) is 1.77. The van der Waals surface area contributed by atoms with Gasteiger partial charge in [-0.25, -0.2) is 0 Å². The maximum absolute atomic E-state index is 9.19. The first kappa shape index (κ1) is 15.3. The quantitative estimate of drug-likeness (QED) is 0.881. The van der Waals surface area contributed by atoms with Gasteiger partial charge in [-0.1, -0.05) is 12.1 Å². The molecule has 1 aliphatic heterocycles. The van der Waals surface area contributed by atoms with Gasteiger partial charge in [0.05, 0.1) is 19.3 Å². The summed E-state index contributed by atoms with van der Waals surface area (Å²) in [6.07, 6.45) is -0.0639. The minimum Gasteiger partial charge on any atom is -0.394 e. The van der Waals surface area contributed by atoms with Gasteiger partial charge in [-0.2, -0.15) is 0 Å². The molecule has 1 atom stereocenters. The first-order valence-corrected chi connectivity index (χ1v) is 7.29. The standard InChI is InChI=1S/C16H26N2O2/c1-16(2,3)17-10-13-4-6-14(7-5-13)18-8-9-20-15(11-18)12-19/h4-7,15,17,19H,8-12H2,1-3H3. The van der Waals surface area contributed by atoms with E-state index in [-0.39, 0.29) is 18.2 Å². The summed E-state index contributed by atoms with van der Waals surface area (Å²) in [5, 5.41) is 12.7. The van der Waals surface area contributed by atoms with Gasteiger partial charge in [-0.05, 0) is 38.5 Å². The second-order valence-corrected chi connectivity index (χ2v) is 6.39. The fraction of sp³-hybridized carbons (Fsp3) is 0.625. The number of hydrogen-bond acceptors (Lipinski definition) is 4. The fourth-order valence-corrected chi connectivity index (χ4v) is 2.26. The molecule has 0 bridgehead atoms. The number of aliphatic hydroxyl groups is 1. The van der Waals surface area contributed by atoms with Crippen LogP contribution < -0.4 is 10.2 Å². The van der Waals surface area contributed by atoms with Gasteiger partial charge in [0, 0.05) is 30.9 Å². The van der Waals surface area contributed by atoms with E-state index in [9.17, 15) is 5.11 Å². The molecule has 1 unspecified atom stereocenters. The summed E-state index contributed by atoms with van der Waals surface area (Å²) in [6, 6.07) is 8.63. The lowest BCUT2D eigenvalue weighted by Crippen LogP contribution is -2.44. The van der Waals surface area contributed by atoms with Crippen LogP contribution in [0.2, 0.25) is 0 Å². The van der Waals surface area contributed by atoms with Gasteiger partial charge in [0.25, 0.3) is 0 Å². The first-order chi connectivity index (χ1) is 9.48. The minimum atomic E-state index is -0.0639. The van der Waals surface area contributed by atoms with E-state index in [1.165, 1.54) is 11.3 Å². The third-order valence-corrected chi connectivity index (χ3v) is 3.47. The van der Waals surface area contributed by atoms with Crippen molar-refractivity contribution in [2.45, 2.75) is 39.0 Å². The van der Waals surface area contributed by atoms with Crippen LogP contribution in [-0.2, 0) is 11.3 Å². The number of hydrogen-bond donors (Lipinski definition) is 2. The summed E-state index contributed by atoms with van der Waals surface area (Å²) < 4.78 is 5.48. The molecule has 4 heteroatoms. The average Bonchev–Trinajstić information content (AvgIpc) is 2.45. The van der Waals surface area contributed by atoms with Gasteiger partial charge in [0.2, 0.25) is 0 Å². The Morgan fingerprint density at radius 1 is 1.30 bits per heavy atom. The van der Waals surface area contributed by atoms with Crippen LogP contribution in [0, 0.1) is 0 Å². The first-order valence-electron chi connectivity index (χ1n) is 7.29. The zero-order valence-corrected chi connectivity index (χ0v) is 12.7. The second-order valence-electron chi connectivity index (χ2n) is 6.39. The van der Waals surface area contributed by atoms with Crippen molar-refractivity contribution in [3.8, 4) is 0 Å². The van der Waals surface area contributed by atoms with Crippen molar-refractivity contribution in [3.05, 3.63) is 29.8 Å². The Morgan fingerprint density at radius 3 is 2.60 bits per heavy atom. The van der Waals surface area contributed by atoms with E-state index >= 15 is 0 Å². The molecule has 1 aliphatic rings. The highest BCUT2D eigenvalue weighted by molar-refractivity contribution is 5.48. The molecule has 1 aromatic carbocycles. The summed E-state index contributed by atoms with van der Waals surface area (Å²) in [5.41, 5.74) is 2.62. The largest absolute Gasteiger partial charge is 0.394 e. The van der Waals surface area contributed by atoms with Crippen molar-refractivity contribution in [3.63, 3.8) is 0 Å². The van der Waals surface area contributed by atoms with Crippen molar-refractivity contribution in [1.82, 2.24) is 5.32 Å². The molecule has 0 saturated carbocycles. The van der Waals surface area contributed by atoms with Crippen molar-refractivity contribution < 1.29 is 9.84 Å². The molecule has 2 N–H and O–H groups in total. The highest BCUT2D eigenvalue weighted by atomic mass is 16.5. The van der Waals surface area contributed by atoms with Gasteiger partial charge in [-0.15, -0.1) is 0 Å². The molecule has 0 amide bonds. The molecule has 0 aromatic heterocycles. The van der Waals surface area contributed by atoms with Crippen LogP contribution in [0.25, 0.3) is 0 Å². The maximum atomic E-state index is 9.19. The molecule has 0 spiro atoms. The zero-order valence-electron chi connectivity index (χ0n) is 12.7. The van der Waals surface area contributed by atoms with Crippen LogP contribution in [0.3, 0.4) is 0 Å². The fourth-order valence-electron chi connectivity index (χ4n) is 2.26. The molecule has 0 radical (unpaired) electrons. The second kappa shape index (κ2) is 6.57. The van der Waals surface area contributed by atoms with Crippen molar-refractivity contribution >= 4 is 5.69 Å². The summed E-state index contributed by atoms with van der Waals surface area (Å²) in [6.45, 7) is 9.80. The Morgan fingerprint density at radius 2 is 2.00 bits per heavy atom. The molecular weight excluding hydrogens is 252 g/mol. The van der Waals surface area contributed by atoms with E-state index < -0.39 is 0 Å². The molecule has 2 rings (SSSR count). The Bertz CT molecular complexity index is 411. The van der Waals surface area contributed by atoms with Gasteiger partial charge in [-0.3, -0.25) is 0 Å². The van der Waals surface area contributed by atoms with E-state index in [2.05, 4.69) is 55.3 Å². The number of benzene rings is 1. The molecule has 0 aliphatic carbocycles. The lowest BCUT2D eigenvalue weighted by molar-refractivity contribution is 0.00357. The van der Waals surface area contributed by atoms with Gasteiger partial charge < -0.3 is 20.1 Å². The zero-order chi connectivity index (χ0) is 14.6. The van der Waals surface area contributed by atoms with Crippen LogP contribution in [0.4, 0.5) is 5.69 Å². The van der Waals surface area contributed by atoms with E-state index in [0.717, 1.165) is 19.6 Å². The van der Waals surface area contributed by atoms with Gasteiger partial charge in [0.15, 0.2) is 0 Å². The summed E-state index contributed by atoms with van der Waals surface area (Å²) in [5.74, 6) is 0. The van der Waals surface area contributed by atoms with E-state index in [1.54, 1.807) is 0 Å². The Balaban J connectivity index is 1.94. The highest BCUT2D eigenvalue weighted by Gasteiger charge is 2.19. The summed E-state index contributed by atoms with van der Waals surface area (Å²) in [4.78, 5) is 2.27. The highest BCUT2D eigenvalue weighted by Crippen LogP contribution is 2.18. The monoisotopic (exact) mass is 278 g/mol. The number of nitrogens with one attached hydrogen (secondary N) is 1. The smallest absolute Gasteiger partial charge is 0.0980 e. The molecule has 20 heavy (non-hydrogen) atoms. The SMILES string of the molecule is CC(C)(C)NCc1ccc(N2CCOC(CO)C2)cc1. The Hall–Kier alpha value is -1.10. The molecule has 4 nitrogen and oxygen atoms in total. The normalized spacial score (nSPS) is 20.2. The van der Waals surface area contributed by atoms with Crippen LogP contribution in [0.5, 0.6) is 0 Å². The Labute approximate surface area is 121 Å². The van der Waals surface area contributed by atoms with Gasteiger partial charge >= 0.3 is 0 Å². The molecular formula is C16H26N2O2. The lowest BCUT2D eigenvalue weighted by atomic mass is 10.1. The van der Waals surface area contributed by atoms with Crippen LogP contribution in [0.15, 0.2) is 24.3 Å². The summed E-state index contributed by atoms with van der Waals surface area (Å²) in [7, 11) is 0. The number of rotatable bonds is 4. The van der Waals surface area contributed by atoms with Crippen LogP contribution in [0.1, 0.15) is 26.3 Å². The third-order valence-electron chi connectivity index (χ3n) is 3.47. The number of morpholine rings is 1. The average molecular weight is 278 g/mol. The molecule has 1 fully saturated rings. The van der Waals surface area contributed by atoms with E-state index in [4.69, 9.17) is 4.74 Å². The van der Waals surface area contributed by atoms with Crippen molar-refractivity contribution in [2.24, 2.45) is 0 Å². The predicted molar refractivity (Wildman–Crippen MR) is 82.1 cm³/mol. The minimum absolute atomic E-state index is 0.0639. The van der Waals surface area contributed by atoms with Crippen molar-refractivity contribution in [2.75, 3.05) is 31.2 Å². The third kappa shape index (κ3) is 4.47. The molecule has 112 valence electrons. The van der Waals surface area contributed by atoms with Gasteiger partial charge in [0.1, 0.15) is 0 Å². The van der Waals surface area contributed by atoms with Crippen LogP contribution in [-0.4, -0.2) is 43.1 Å². The van der Waals surface area contributed by atoms with E-state index in [0.29, 0.717) is 6.61 Å². The maximum Gasteiger partial charge on any atom is 0.0980 e. The summed E-state index contributed by atoms with van der Waals surface area (Å²) >= 11 is 0. The number of aliphatic hydroxyl groups excluding tert-OH is 1. The van der Waals surface area contributed by atoms with Crippen LogP contribution >= 0.6 is 0 Å². The number of anilines is 1. The lowest BCUT2D eigenvalue weighted by Gasteiger charge is -2.33. The van der Waals surface area contributed by atoms with E-state index in [1.807, 2.05) is 0 Å². The number of nitrogens with zero attached hydrogens (tertiary/aromatic N) is 1. The molecule has 1 aromatic rings. The number of ether oxygens (including phenoxy) is 1. The molecule has 1 heterocycles. The van der Waals surface area contributed by atoms with Crippen molar-refractivity contribution in [1.29, 1.82) is 0 Å². The topological polar surface area (TPSA) is 44.7 Å².